The van der Waals surface area contributed by atoms with Crippen LogP contribution in [0.2, 0.25) is 0 Å². The van der Waals surface area contributed by atoms with Crippen molar-refractivity contribution in [2.24, 2.45) is 7.05 Å². The summed E-state index contributed by atoms with van der Waals surface area (Å²) in [6, 6.07) is 1.96. The zero-order valence-electron chi connectivity index (χ0n) is 16.0. The highest BCUT2D eigenvalue weighted by Crippen LogP contribution is 2.27. The quantitative estimate of drug-likeness (QED) is 0.857. The van der Waals surface area contributed by atoms with E-state index in [4.69, 9.17) is 0 Å². The molecule has 1 amide bonds. The molecular formula is C19H29N5O. The van der Waals surface area contributed by atoms with E-state index in [-0.39, 0.29) is 5.91 Å². The van der Waals surface area contributed by atoms with E-state index >= 15 is 0 Å². The average Bonchev–Trinajstić information content (AvgIpc) is 3.17. The van der Waals surface area contributed by atoms with E-state index in [0.717, 1.165) is 43.1 Å². The fourth-order valence-corrected chi connectivity index (χ4v) is 3.68. The molecule has 0 unspecified atom stereocenters. The highest BCUT2D eigenvalue weighted by atomic mass is 16.2. The molecule has 0 saturated carbocycles. The van der Waals surface area contributed by atoms with Gasteiger partial charge in [0.2, 0.25) is 0 Å². The highest BCUT2D eigenvalue weighted by Gasteiger charge is 2.29. The topological polar surface area (TPSA) is 56.0 Å². The van der Waals surface area contributed by atoms with Crippen LogP contribution in [0.3, 0.4) is 0 Å². The third kappa shape index (κ3) is 3.48. The minimum atomic E-state index is 0.0943. The van der Waals surface area contributed by atoms with Crippen LogP contribution in [-0.2, 0) is 13.6 Å². The maximum absolute atomic E-state index is 13.1. The van der Waals surface area contributed by atoms with Gasteiger partial charge in [0, 0.05) is 38.8 Å². The van der Waals surface area contributed by atoms with Gasteiger partial charge in [0.1, 0.15) is 11.5 Å². The van der Waals surface area contributed by atoms with Gasteiger partial charge in [-0.1, -0.05) is 13.8 Å². The molecule has 136 valence electrons. The van der Waals surface area contributed by atoms with Gasteiger partial charge in [-0.25, -0.2) is 4.98 Å². The Hall–Kier alpha value is -2.11. The first-order valence-corrected chi connectivity index (χ1v) is 9.27. The number of amides is 1. The van der Waals surface area contributed by atoms with Crippen LogP contribution < -0.4 is 0 Å². The summed E-state index contributed by atoms with van der Waals surface area (Å²) in [5.41, 5.74) is 2.73. The van der Waals surface area contributed by atoms with Crippen LogP contribution in [0.15, 0.2) is 12.3 Å². The first kappa shape index (κ1) is 17.7. The van der Waals surface area contributed by atoms with Crippen molar-refractivity contribution in [1.82, 2.24) is 24.2 Å². The van der Waals surface area contributed by atoms with Crippen LogP contribution in [-0.4, -0.2) is 43.2 Å². The van der Waals surface area contributed by atoms with Crippen LogP contribution in [0, 0.1) is 6.92 Å². The fourth-order valence-electron chi connectivity index (χ4n) is 3.68. The number of piperidine rings is 1. The van der Waals surface area contributed by atoms with E-state index in [1.807, 2.05) is 36.5 Å². The summed E-state index contributed by atoms with van der Waals surface area (Å²) in [5.74, 6) is 1.81. The molecule has 2 aromatic rings. The number of hydrogen-bond donors (Lipinski definition) is 0. The maximum Gasteiger partial charge on any atom is 0.272 e. The molecular weight excluding hydrogens is 314 g/mol. The first-order valence-electron chi connectivity index (χ1n) is 9.27. The molecule has 25 heavy (non-hydrogen) atoms. The molecule has 1 fully saturated rings. The molecule has 0 N–H and O–H groups in total. The lowest BCUT2D eigenvalue weighted by Gasteiger charge is -2.32. The Bertz CT molecular complexity index is 758. The van der Waals surface area contributed by atoms with E-state index in [0.29, 0.717) is 24.1 Å². The Morgan fingerprint density at radius 2 is 2.16 bits per heavy atom. The summed E-state index contributed by atoms with van der Waals surface area (Å²) >= 11 is 0. The molecule has 1 saturated heterocycles. The second kappa shape index (κ2) is 7.02. The van der Waals surface area contributed by atoms with Gasteiger partial charge in [0.05, 0.1) is 11.4 Å². The molecule has 0 aromatic carbocycles. The number of likely N-dealkylation sites (tertiary alicyclic amines) is 1. The molecule has 0 aliphatic carbocycles. The number of aromatic nitrogens is 4. The smallest absolute Gasteiger partial charge is 0.272 e. The van der Waals surface area contributed by atoms with Gasteiger partial charge < -0.3 is 9.47 Å². The number of imidazole rings is 1. The second-order valence-electron chi connectivity index (χ2n) is 7.37. The number of aryl methyl sites for hydroxylation is 3. The van der Waals surface area contributed by atoms with E-state index in [9.17, 15) is 4.79 Å². The third-order valence-corrected chi connectivity index (χ3v) is 5.02. The van der Waals surface area contributed by atoms with Crippen LogP contribution in [0.25, 0.3) is 0 Å². The van der Waals surface area contributed by atoms with Gasteiger partial charge in [0.15, 0.2) is 0 Å². The minimum Gasteiger partial charge on any atom is -0.337 e. The summed E-state index contributed by atoms with van der Waals surface area (Å²) in [5, 5.41) is 4.59. The Kier molecular flexibility index (Phi) is 4.97. The Morgan fingerprint density at radius 3 is 2.76 bits per heavy atom. The van der Waals surface area contributed by atoms with Crippen LogP contribution in [0.5, 0.6) is 0 Å². The van der Waals surface area contributed by atoms with E-state index in [2.05, 4.69) is 34.7 Å². The minimum absolute atomic E-state index is 0.0943. The van der Waals surface area contributed by atoms with Gasteiger partial charge in [-0.3, -0.25) is 9.48 Å². The van der Waals surface area contributed by atoms with E-state index < -0.39 is 0 Å². The molecule has 3 heterocycles. The average molecular weight is 343 g/mol. The zero-order chi connectivity index (χ0) is 18.1. The van der Waals surface area contributed by atoms with Crippen molar-refractivity contribution < 1.29 is 4.79 Å². The highest BCUT2D eigenvalue weighted by molar-refractivity contribution is 5.92. The van der Waals surface area contributed by atoms with Gasteiger partial charge in [-0.05, 0) is 38.7 Å². The van der Waals surface area contributed by atoms with Crippen molar-refractivity contribution in [1.29, 1.82) is 0 Å². The third-order valence-electron chi connectivity index (χ3n) is 5.02. The molecule has 0 radical (unpaired) electrons. The fraction of sp³-hybridized carbons (Fsp3) is 0.632. The number of carbonyl (C=O) groups excluding carboxylic acids is 1. The van der Waals surface area contributed by atoms with Crippen molar-refractivity contribution >= 4 is 5.91 Å². The van der Waals surface area contributed by atoms with Crippen LogP contribution >= 0.6 is 0 Å². The Balaban J connectivity index is 1.81. The second-order valence-corrected chi connectivity index (χ2v) is 7.37. The lowest BCUT2D eigenvalue weighted by molar-refractivity contribution is 0.0691. The molecule has 3 rings (SSSR count). The van der Waals surface area contributed by atoms with Gasteiger partial charge in [-0.15, -0.1) is 0 Å². The van der Waals surface area contributed by atoms with E-state index in [1.165, 1.54) is 0 Å². The van der Waals surface area contributed by atoms with Gasteiger partial charge in [-0.2, -0.15) is 5.10 Å². The monoisotopic (exact) mass is 343 g/mol. The SMILES string of the molecule is CCn1nc(C(C)C)cc1C(=O)N1CCC[C@@H](c2nc(C)cn2C)C1. The Labute approximate surface area is 149 Å². The van der Waals surface area contributed by atoms with Crippen LogP contribution in [0.4, 0.5) is 0 Å². The molecule has 1 aliphatic heterocycles. The Morgan fingerprint density at radius 1 is 1.40 bits per heavy atom. The predicted octanol–water partition coefficient (Wildman–Crippen LogP) is 3.09. The molecule has 6 heteroatoms. The van der Waals surface area contributed by atoms with Crippen molar-refractivity contribution in [3.63, 3.8) is 0 Å². The number of rotatable bonds is 4. The maximum atomic E-state index is 13.1. The molecule has 1 atom stereocenters. The van der Waals surface area contributed by atoms with Crippen molar-refractivity contribution in [3.8, 4) is 0 Å². The standard InChI is InChI=1S/C19H29N5O/c1-6-24-17(10-16(21-24)13(2)3)19(25)23-9-7-8-15(12-23)18-20-14(4)11-22(18)5/h10-11,13,15H,6-9,12H2,1-5H3/t15-/m1/s1. The zero-order valence-corrected chi connectivity index (χ0v) is 16.0. The summed E-state index contributed by atoms with van der Waals surface area (Å²) in [6.45, 7) is 10.5. The van der Waals surface area contributed by atoms with E-state index in [1.54, 1.807) is 0 Å². The van der Waals surface area contributed by atoms with Gasteiger partial charge >= 0.3 is 0 Å². The number of carbonyl (C=O) groups is 1. The molecule has 6 nitrogen and oxygen atoms in total. The number of nitrogens with zero attached hydrogens (tertiary/aromatic N) is 5. The summed E-state index contributed by atoms with van der Waals surface area (Å²) in [7, 11) is 2.04. The first-order chi connectivity index (χ1) is 11.9. The van der Waals surface area contributed by atoms with Crippen molar-refractivity contribution in [3.05, 3.63) is 35.2 Å². The number of hydrogen-bond acceptors (Lipinski definition) is 3. The lowest BCUT2D eigenvalue weighted by Crippen LogP contribution is -2.40. The normalized spacial score (nSPS) is 18.2. The summed E-state index contributed by atoms with van der Waals surface area (Å²) in [4.78, 5) is 19.8. The van der Waals surface area contributed by atoms with Gasteiger partial charge in [0.25, 0.3) is 5.91 Å². The summed E-state index contributed by atoms with van der Waals surface area (Å²) in [6.07, 6.45) is 4.15. The largest absolute Gasteiger partial charge is 0.337 e. The molecule has 2 aromatic heterocycles. The van der Waals surface area contributed by atoms with Crippen molar-refractivity contribution in [2.45, 2.75) is 58.9 Å². The molecule has 0 spiro atoms. The molecule has 0 bridgehead atoms. The predicted molar refractivity (Wildman–Crippen MR) is 97.8 cm³/mol. The molecule has 1 aliphatic rings. The lowest BCUT2D eigenvalue weighted by atomic mass is 9.97. The summed E-state index contributed by atoms with van der Waals surface area (Å²) < 4.78 is 3.94. The van der Waals surface area contributed by atoms with Crippen LogP contribution in [0.1, 0.15) is 73.1 Å². The van der Waals surface area contributed by atoms with Crippen molar-refractivity contribution in [2.75, 3.05) is 13.1 Å².